The van der Waals surface area contributed by atoms with E-state index in [2.05, 4.69) is 20.8 Å². The van der Waals surface area contributed by atoms with Gasteiger partial charge in [-0.05, 0) is 77.9 Å². The minimum absolute atomic E-state index is 0.0524. The third-order valence-corrected chi connectivity index (χ3v) is 6.19. The Hall–Kier alpha value is -3.60. The lowest BCUT2D eigenvalue weighted by atomic mass is 9.81. The minimum Gasteiger partial charge on any atom is -0.497 e. The second kappa shape index (κ2) is 12.6. The zero-order valence-electron chi connectivity index (χ0n) is 22.6. The Morgan fingerprint density at radius 1 is 0.973 bits per heavy atom. The second-order valence-electron chi connectivity index (χ2n) is 9.97. The molecule has 3 aromatic rings. The van der Waals surface area contributed by atoms with Crippen LogP contribution in [-0.2, 0) is 21.6 Å². The van der Waals surface area contributed by atoms with Crippen molar-refractivity contribution in [3.8, 4) is 22.6 Å². The average molecular weight is 505 g/mol. The van der Waals surface area contributed by atoms with Gasteiger partial charge < -0.3 is 14.2 Å². The van der Waals surface area contributed by atoms with Crippen molar-refractivity contribution in [2.75, 3.05) is 13.7 Å². The van der Waals surface area contributed by atoms with Gasteiger partial charge in [-0.25, -0.2) is 4.39 Å². The summed E-state index contributed by atoms with van der Waals surface area (Å²) in [7, 11) is 1.58. The molecule has 0 aromatic heterocycles. The Kier molecular flexibility index (Phi) is 9.51. The number of carbonyl (C=O) groups excluding carboxylic acids is 1. The predicted molar refractivity (Wildman–Crippen MR) is 147 cm³/mol. The van der Waals surface area contributed by atoms with Crippen LogP contribution in [0.3, 0.4) is 0 Å². The molecule has 0 aliphatic carbocycles. The van der Waals surface area contributed by atoms with Crippen LogP contribution in [0.4, 0.5) is 4.39 Å². The van der Waals surface area contributed by atoms with Gasteiger partial charge in [0.1, 0.15) is 23.9 Å². The Morgan fingerprint density at radius 3 is 2.30 bits per heavy atom. The van der Waals surface area contributed by atoms with Gasteiger partial charge in [0.2, 0.25) is 0 Å². The van der Waals surface area contributed by atoms with Gasteiger partial charge in [0, 0.05) is 11.5 Å². The summed E-state index contributed by atoms with van der Waals surface area (Å²) >= 11 is 0. The Balaban J connectivity index is 1.82. The van der Waals surface area contributed by atoms with Crippen molar-refractivity contribution in [2.24, 2.45) is 0 Å². The molecule has 0 N–H and O–H groups in total. The number of benzene rings is 3. The summed E-state index contributed by atoms with van der Waals surface area (Å²) in [6, 6.07) is 18.6. The lowest BCUT2D eigenvalue weighted by Gasteiger charge is -2.24. The van der Waals surface area contributed by atoms with Crippen molar-refractivity contribution < 1.29 is 23.4 Å². The van der Waals surface area contributed by atoms with E-state index in [1.54, 1.807) is 19.2 Å². The van der Waals surface area contributed by atoms with E-state index in [4.69, 9.17) is 14.2 Å². The first-order valence-corrected chi connectivity index (χ1v) is 12.6. The first kappa shape index (κ1) is 28.0. The highest BCUT2D eigenvalue weighted by Crippen LogP contribution is 2.37. The molecule has 0 fully saturated rings. The number of esters is 1. The van der Waals surface area contributed by atoms with Crippen LogP contribution >= 0.6 is 0 Å². The van der Waals surface area contributed by atoms with E-state index in [9.17, 15) is 9.18 Å². The average Bonchev–Trinajstić information content (AvgIpc) is 2.87. The molecule has 0 unspecified atom stereocenters. The quantitative estimate of drug-likeness (QED) is 0.207. The molecule has 4 nitrogen and oxygen atoms in total. The molecular weight excluding hydrogens is 467 g/mol. The SMILES string of the molecule is CC=C[C@@H](CC(=O)OCC)c1ccc(OCc2ccc(C(C)(C)C)c(-c3cc(OC)ccc3F)c2)cc1. The van der Waals surface area contributed by atoms with Crippen molar-refractivity contribution in [2.45, 2.75) is 59.0 Å². The van der Waals surface area contributed by atoms with Crippen LogP contribution in [0.25, 0.3) is 11.1 Å². The normalized spacial score (nSPS) is 12.4. The fourth-order valence-corrected chi connectivity index (χ4v) is 4.30. The third-order valence-electron chi connectivity index (χ3n) is 6.19. The molecule has 0 aliphatic heterocycles. The van der Waals surface area contributed by atoms with Crippen LogP contribution in [-0.4, -0.2) is 19.7 Å². The zero-order chi connectivity index (χ0) is 27.0. The molecule has 0 saturated heterocycles. The van der Waals surface area contributed by atoms with Gasteiger partial charge in [-0.2, -0.15) is 0 Å². The highest BCUT2D eigenvalue weighted by atomic mass is 19.1. The summed E-state index contributed by atoms with van der Waals surface area (Å²) in [6.07, 6.45) is 4.24. The lowest BCUT2D eigenvalue weighted by molar-refractivity contribution is -0.143. The monoisotopic (exact) mass is 504 g/mol. The highest BCUT2D eigenvalue weighted by molar-refractivity contribution is 5.72. The maximum atomic E-state index is 14.9. The highest BCUT2D eigenvalue weighted by Gasteiger charge is 2.21. The van der Waals surface area contributed by atoms with Crippen molar-refractivity contribution in [3.05, 3.63) is 95.3 Å². The first-order chi connectivity index (χ1) is 17.7. The summed E-state index contributed by atoms with van der Waals surface area (Å²) in [6.45, 7) is 10.8. The van der Waals surface area contributed by atoms with Crippen LogP contribution in [0.2, 0.25) is 0 Å². The van der Waals surface area contributed by atoms with Gasteiger partial charge in [-0.3, -0.25) is 4.79 Å². The smallest absolute Gasteiger partial charge is 0.306 e. The summed E-state index contributed by atoms with van der Waals surface area (Å²) in [5.41, 5.74) is 4.16. The molecule has 3 aromatic carbocycles. The van der Waals surface area contributed by atoms with Crippen LogP contribution in [0.1, 0.15) is 63.6 Å². The number of halogens is 1. The number of carbonyl (C=O) groups is 1. The fraction of sp³-hybridized carbons (Fsp3) is 0.344. The van der Waals surface area contributed by atoms with E-state index in [1.165, 1.54) is 6.07 Å². The maximum Gasteiger partial charge on any atom is 0.306 e. The first-order valence-electron chi connectivity index (χ1n) is 12.6. The number of hydrogen-bond acceptors (Lipinski definition) is 4. The molecule has 5 heteroatoms. The molecule has 196 valence electrons. The number of allylic oxidation sites excluding steroid dienone is 2. The van der Waals surface area contributed by atoms with E-state index in [0.717, 1.165) is 22.3 Å². The number of methoxy groups -OCH3 is 1. The van der Waals surface area contributed by atoms with Gasteiger partial charge in [-0.15, -0.1) is 0 Å². The molecule has 0 bridgehead atoms. The fourth-order valence-electron chi connectivity index (χ4n) is 4.30. The zero-order valence-corrected chi connectivity index (χ0v) is 22.6. The van der Waals surface area contributed by atoms with Gasteiger partial charge in [0.15, 0.2) is 0 Å². The molecular formula is C32H37FO4. The van der Waals surface area contributed by atoms with E-state index in [-0.39, 0.29) is 23.1 Å². The molecule has 37 heavy (non-hydrogen) atoms. The maximum absolute atomic E-state index is 14.9. The Labute approximate surface area is 220 Å². The van der Waals surface area contributed by atoms with Crippen molar-refractivity contribution >= 4 is 5.97 Å². The molecule has 0 aliphatic rings. The van der Waals surface area contributed by atoms with Crippen molar-refractivity contribution in [3.63, 3.8) is 0 Å². The largest absolute Gasteiger partial charge is 0.497 e. The molecule has 0 amide bonds. The van der Waals surface area contributed by atoms with E-state index >= 15 is 0 Å². The molecule has 0 heterocycles. The minimum atomic E-state index is -0.293. The van der Waals surface area contributed by atoms with E-state index in [0.29, 0.717) is 36.7 Å². The second-order valence-corrected chi connectivity index (χ2v) is 9.97. The Bertz CT molecular complexity index is 1220. The third kappa shape index (κ3) is 7.45. The summed E-state index contributed by atoms with van der Waals surface area (Å²) < 4.78 is 31.4. The van der Waals surface area contributed by atoms with Gasteiger partial charge >= 0.3 is 5.97 Å². The summed E-state index contributed by atoms with van der Waals surface area (Å²) in [5.74, 6) is 0.764. The van der Waals surface area contributed by atoms with Gasteiger partial charge in [0.05, 0.1) is 20.1 Å². The predicted octanol–water partition coefficient (Wildman–Crippen LogP) is 7.99. The van der Waals surface area contributed by atoms with E-state index in [1.807, 2.05) is 68.5 Å². The molecule has 0 radical (unpaired) electrons. The van der Waals surface area contributed by atoms with Crippen LogP contribution in [0.5, 0.6) is 11.5 Å². The number of hydrogen-bond donors (Lipinski definition) is 0. The van der Waals surface area contributed by atoms with Gasteiger partial charge in [0.25, 0.3) is 0 Å². The molecule has 3 rings (SSSR count). The van der Waals surface area contributed by atoms with E-state index < -0.39 is 0 Å². The van der Waals surface area contributed by atoms with Crippen molar-refractivity contribution in [1.82, 2.24) is 0 Å². The molecule has 0 spiro atoms. The van der Waals surface area contributed by atoms with Crippen molar-refractivity contribution in [1.29, 1.82) is 0 Å². The summed E-state index contributed by atoms with van der Waals surface area (Å²) in [5, 5.41) is 0. The topological polar surface area (TPSA) is 44.8 Å². The number of ether oxygens (including phenoxy) is 3. The standard InChI is InChI=1S/C32H37FO4/c1-7-9-24(19-31(34)36-8-2)23-11-13-25(14-12-23)37-21-22-10-16-29(32(3,4)5)27(18-22)28-20-26(35-6)15-17-30(28)33/h7,9-18,20,24H,8,19,21H2,1-6H3/t24-/m0/s1. The summed E-state index contributed by atoms with van der Waals surface area (Å²) in [4.78, 5) is 12.0. The lowest BCUT2D eigenvalue weighted by Crippen LogP contribution is -2.13. The van der Waals surface area contributed by atoms with Crippen LogP contribution in [0, 0.1) is 5.82 Å². The molecule has 1 atom stereocenters. The van der Waals surface area contributed by atoms with Crippen LogP contribution < -0.4 is 9.47 Å². The Morgan fingerprint density at radius 2 is 1.68 bits per heavy atom. The molecule has 0 saturated carbocycles. The van der Waals surface area contributed by atoms with Gasteiger partial charge in [-0.1, -0.05) is 57.2 Å². The number of rotatable bonds is 10. The van der Waals surface area contributed by atoms with Crippen LogP contribution in [0.15, 0.2) is 72.8 Å².